The van der Waals surface area contributed by atoms with Gasteiger partial charge in [-0.2, -0.15) is 9.78 Å². The maximum atomic E-state index is 12.7. The van der Waals surface area contributed by atoms with E-state index in [0.29, 0.717) is 35.1 Å². The number of nitrogens with one attached hydrogen (secondary N) is 2. The average molecular weight is 459 g/mol. The number of halogens is 2. The van der Waals surface area contributed by atoms with Crippen LogP contribution in [0.4, 0.5) is 5.69 Å². The van der Waals surface area contributed by atoms with Crippen LogP contribution in [0.15, 0.2) is 53.5 Å². The number of hydrogen-bond donors (Lipinski definition) is 2. The summed E-state index contributed by atoms with van der Waals surface area (Å²) in [5.74, 6) is -0.0833. The van der Waals surface area contributed by atoms with Gasteiger partial charge >= 0.3 is 0 Å². The number of anilines is 1. The summed E-state index contributed by atoms with van der Waals surface area (Å²) in [4.78, 5) is 24.7. The zero-order chi connectivity index (χ0) is 22.4. The Kier molecular flexibility index (Phi) is 7.71. The lowest BCUT2D eigenvalue weighted by Gasteiger charge is -2.11. The summed E-state index contributed by atoms with van der Waals surface area (Å²) < 4.78 is 1.21. The summed E-state index contributed by atoms with van der Waals surface area (Å²) in [6.45, 7) is 5.06. The van der Waals surface area contributed by atoms with Crippen LogP contribution in [0.2, 0.25) is 10.0 Å². The molecule has 0 fully saturated rings. The van der Waals surface area contributed by atoms with E-state index in [9.17, 15) is 9.59 Å². The lowest BCUT2D eigenvalue weighted by Crippen LogP contribution is -2.24. The van der Waals surface area contributed by atoms with E-state index in [1.165, 1.54) is 10.9 Å². The number of rotatable bonds is 8. The molecule has 1 heterocycles. The summed E-state index contributed by atoms with van der Waals surface area (Å²) in [5.41, 5.74) is 3.00. The van der Waals surface area contributed by atoms with Crippen molar-refractivity contribution < 1.29 is 4.79 Å². The molecule has 1 amide bonds. The van der Waals surface area contributed by atoms with Crippen molar-refractivity contribution in [3.63, 3.8) is 0 Å². The monoisotopic (exact) mass is 458 g/mol. The molecule has 0 saturated heterocycles. The van der Waals surface area contributed by atoms with Gasteiger partial charge < -0.3 is 10.6 Å². The van der Waals surface area contributed by atoms with E-state index < -0.39 is 5.56 Å². The fraction of sp³-hybridized carbons (Fsp3) is 0.261. The topological polar surface area (TPSA) is 76.0 Å². The fourth-order valence-electron chi connectivity index (χ4n) is 2.91. The molecule has 0 bridgehead atoms. The molecule has 31 heavy (non-hydrogen) atoms. The van der Waals surface area contributed by atoms with Gasteiger partial charge in [0.25, 0.3) is 11.5 Å². The van der Waals surface area contributed by atoms with Crippen LogP contribution in [-0.2, 0) is 6.54 Å². The Labute approximate surface area is 191 Å². The van der Waals surface area contributed by atoms with E-state index in [1.54, 1.807) is 24.3 Å². The van der Waals surface area contributed by atoms with Gasteiger partial charge in [-0.05, 0) is 48.7 Å². The Morgan fingerprint density at radius 3 is 2.55 bits per heavy atom. The van der Waals surface area contributed by atoms with Crippen LogP contribution in [0.1, 0.15) is 41.3 Å². The molecule has 0 radical (unpaired) electrons. The molecule has 0 aliphatic carbocycles. The van der Waals surface area contributed by atoms with Gasteiger partial charge in [0.05, 0.1) is 17.6 Å². The highest BCUT2D eigenvalue weighted by molar-refractivity contribution is 6.33. The van der Waals surface area contributed by atoms with Crippen molar-refractivity contribution in [3.8, 4) is 5.69 Å². The molecule has 0 aliphatic rings. The van der Waals surface area contributed by atoms with Gasteiger partial charge in [0.2, 0.25) is 0 Å². The van der Waals surface area contributed by atoms with Crippen LogP contribution >= 0.6 is 23.2 Å². The average Bonchev–Trinajstić information content (AvgIpc) is 2.77. The number of nitrogens with zero attached hydrogens (tertiary/aromatic N) is 2. The Balaban J connectivity index is 1.68. The number of amides is 1. The van der Waals surface area contributed by atoms with Crippen LogP contribution in [0, 0.1) is 6.92 Å². The second-order valence-corrected chi connectivity index (χ2v) is 7.97. The van der Waals surface area contributed by atoms with Crippen LogP contribution in [0.25, 0.3) is 5.69 Å². The van der Waals surface area contributed by atoms with Crippen molar-refractivity contribution in [1.82, 2.24) is 15.1 Å². The molecule has 3 aromatic rings. The summed E-state index contributed by atoms with van der Waals surface area (Å²) in [5, 5.41) is 10.8. The maximum Gasteiger partial charge on any atom is 0.292 e. The maximum absolute atomic E-state index is 12.7. The van der Waals surface area contributed by atoms with Crippen LogP contribution in [0.5, 0.6) is 0 Å². The van der Waals surface area contributed by atoms with Crippen molar-refractivity contribution in [1.29, 1.82) is 0 Å². The molecule has 0 spiro atoms. The number of benzene rings is 2. The summed E-state index contributed by atoms with van der Waals surface area (Å²) in [6, 6.07) is 12.5. The Hall–Kier alpha value is -2.83. The van der Waals surface area contributed by atoms with Crippen molar-refractivity contribution in [2.24, 2.45) is 0 Å². The van der Waals surface area contributed by atoms with Crippen molar-refractivity contribution in [2.75, 3.05) is 11.9 Å². The van der Waals surface area contributed by atoms with E-state index in [0.717, 1.165) is 24.0 Å². The fourth-order valence-corrected chi connectivity index (χ4v) is 3.28. The smallest absolute Gasteiger partial charge is 0.292 e. The Bertz CT molecular complexity index is 1130. The molecular formula is C23H24Cl2N4O2. The number of hydrogen-bond acceptors (Lipinski definition) is 4. The minimum absolute atomic E-state index is 0.0404. The minimum atomic E-state index is -0.439. The molecule has 162 valence electrons. The standard InChI is InChI=1S/C23H24Cl2N4O2/c1-3-4-11-26-22(30)17-8-6-16(7-9-17)13-27-20-14-28-29(23(31)21(20)25)18-10-5-15(2)19(24)12-18/h5-10,12,14,27H,3-4,11,13H2,1-2H3,(H,26,30). The lowest BCUT2D eigenvalue weighted by molar-refractivity contribution is 0.0953. The van der Waals surface area contributed by atoms with Crippen LogP contribution in [-0.4, -0.2) is 22.2 Å². The largest absolute Gasteiger partial charge is 0.378 e. The molecule has 0 unspecified atom stereocenters. The summed E-state index contributed by atoms with van der Waals surface area (Å²) in [7, 11) is 0. The first-order chi connectivity index (χ1) is 14.9. The number of unbranched alkanes of at least 4 members (excludes halogenated alkanes) is 1. The predicted octanol–water partition coefficient (Wildman–Crippen LogP) is 4.99. The third-order valence-electron chi connectivity index (χ3n) is 4.83. The van der Waals surface area contributed by atoms with Crippen molar-refractivity contribution in [2.45, 2.75) is 33.2 Å². The molecule has 0 aliphatic heterocycles. The molecule has 6 nitrogen and oxygen atoms in total. The van der Waals surface area contributed by atoms with E-state index in [1.807, 2.05) is 25.1 Å². The van der Waals surface area contributed by atoms with E-state index in [-0.39, 0.29) is 10.9 Å². The van der Waals surface area contributed by atoms with E-state index >= 15 is 0 Å². The van der Waals surface area contributed by atoms with Gasteiger partial charge in [-0.15, -0.1) is 0 Å². The molecular weight excluding hydrogens is 435 g/mol. The molecule has 3 rings (SSSR count). The zero-order valence-electron chi connectivity index (χ0n) is 17.4. The molecule has 0 saturated carbocycles. The highest BCUT2D eigenvalue weighted by Gasteiger charge is 2.12. The predicted molar refractivity (Wildman–Crippen MR) is 126 cm³/mol. The van der Waals surface area contributed by atoms with E-state index in [4.69, 9.17) is 23.2 Å². The second-order valence-electron chi connectivity index (χ2n) is 7.18. The first kappa shape index (κ1) is 22.8. The molecule has 1 aromatic heterocycles. The highest BCUT2D eigenvalue weighted by Crippen LogP contribution is 2.21. The first-order valence-corrected chi connectivity index (χ1v) is 10.8. The molecule has 2 N–H and O–H groups in total. The zero-order valence-corrected chi connectivity index (χ0v) is 18.9. The van der Waals surface area contributed by atoms with Crippen molar-refractivity contribution >= 4 is 34.8 Å². The molecule has 2 aromatic carbocycles. The second kappa shape index (κ2) is 10.5. The third kappa shape index (κ3) is 5.66. The van der Waals surface area contributed by atoms with Crippen LogP contribution in [0.3, 0.4) is 0 Å². The lowest BCUT2D eigenvalue weighted by atomic mass is 10.1. The summed E-state index contributed by atoms with van der Waals surface area (Å²) in [6.07, 6.45) is 3.50. The Morgan fingerprint density at radius 1 is 1.13 bits per heavy atom. The van der Waals surface area contributed by atoms with Gasteiger partial charge in [-0.25, -0.2) is 0 Å². The minimum Gasteiger partial charge on any atom is -0.378 e. The van der Waals surface area contributed by atoms with E-state index in [2.05, 4.69) is 22.7 Å². The van der Waals surface area contributed by atoms with Gasteiger partial charge in [-0.3, -0.25) is 9.59 Å². The summed E-state index contributed by atoms with van der Waals surface area (Å²) >= 11 is 12.4. The quantitative estimate of drug-likeness (QED) is 0.466. The van der Waals surface area contributed by atoms with Gasteiger partial charge in [0.15, 0.2) is 0 Å². The number of carbonyl (C=O) groups excluding carboxylic acids is 1. The van der Waals surface area contributed by atoms with Gasteiger partial charge in [0, 0.05) is 23.7 Å². The van der Waals surface area contributed by atoms with Crippen molar-refractivity contribution in [3.05, 3.63) is 85.8 Å². The highest BCUT2D eigenvalue weighted by atomic mass is 35.5. The molecule has 0 atom stereocenters. The third-order valence-corrected chi connectivity index (χ3v) is 5.61. The van der Waals surface area contributed by atoms with Gasteiger partial charge in [0.1, 0.15) is 5.02 Å². The first-order valence-electron chi connectivity index (χ1n) is 10.1. The Morgan fingerprint density at radius 2 is 1.87 bits per heavy atom. The van der Waals surface area contributed by atoms with Crippen LogP contribution < -0.4 is 16.2 Å². The number of aryl methyl sites for hydroxylation is 1. The van der Waals surface area contributed by atoms with Gasteiger partial charge in [-0.1, -0.05) is 54.7 Å². The SMILES string of the molecule is CCCCNC(=O)c1ccc(CNc2cnn(-c3ccc(C)c(Cl)c3)c(=O)c2Cl)cc1. The molecule has 8 heteroatoms. The normalized spacial score (nSPS) is 10.7. The number of carbonyl (C=O) groups is 1. The number of aromatic nitrogens is 2.